The van der Waals surface area contributed by atoms with E-state index in [9.17, 15) is 19.5 Å². The van der Waals surface area contributed by atoms with Gasteiger partial charge in [0.05, 0.1) is 6.42 Å². The number of alkyl carbamates (subject to hydrolysis) is 1. The fraction of sp³-hybridized carbons (Fsp3) is 0.464. The summed E-state index contributed by atoms with van der Waals surface area (Å²) >= 11 is 0. The molecule has 1 fully saturated rings. The summed E-state index contributed by atoms with van der Waals surface area (Å²) in [5.41, 5.74) is 3.39. The smallest absolute Gasteiger partial charge is 0.408 e. The lowest BCUT2D eigenvalue weighted by Gasteiger charge is -2.35. The van der Waals surface area contributed by atoms with Gasteiger partial charge in [0.15, 0.2) is 0 Å². The third-order valence-corrected chi connectivity index (χ3v) is 7.59. The Balaban J connectivity index is 1.39. The highest BCUT2D eigenvalue weighted by Crippen LogP contribution is 2.44. The number of carbonyl (C=O) groups is 3. The predicted molar refractivity (Wildman–Crippen MR) is 133 cm³/mol. The molecule has 2 aromatic rings. The molecule has 2 aliphatic carbocycles. The standard InChI is InChI=1S/C28H34N2O5/c1-3-28(2,26(33)29-24-15-9-4-10-18(24)16-25(31)32)30-27(34)35-17-23-21-13-7-5-11-19(21)20-12-6-8-14-22(20)23/h5-8,11-14,18,23-24H,3-4,9-10,15-17H2,1-2H3,(H,29,33)(H,30,34)(H,31,32)/t18-,24-,28?/m0/s1. The molecule has 1 unspecified atom stereocenters. The Morgan fingerprint density at radius 2 is 1.60 bits per heavy atom. The summed E-state index contributed by atoms with van der Waals surface area (Å²) in [6.45, 7) is 3.68. The average Bonchev–Trinajstić information content (AvgIpc) is 3.17. The number of hydrogen-bond acceptors (Lipinski definition) is 4. The number of nitrogens with one attached hydrogen (secondary N) is 2. The van der Waals surface area contributed by atoms with Crippen LogP contribution in [0.1, 0.15) is 69.4 Å². The van der Waals surface area contributed by atoms with Crippen molar-refractivity contribution in [3.63, 3.8) is 0 Å². The first-order chi connectivity index (χ1) is 16.8. The molecule has 2 aromatic carbocycles. The van der Waals surface area contributed by atoms with E-state index in [4.69, 9.17) is 4.74 Å². The Hall–Kier alpha value is -3.35. The number of hydrogen-bond donors (Lipinski definition) is 3. The van der Waals surface area contributed by atoms with Gasteiger partial charge in [0.25, 0.3) is 0 Å². The first-order valence-electron chi connectivity index (χ1n) is 12.5. The first kappa shape index (κ1) is 24.8. The highest BCUT2D eigenvalue weighted by Gasteiger charge is 2.38. The number of rotatable bonds is 8. The van der Waals surface area contributed by atoms with Crippen molar-refractivity contribution in [3.8, 4) is 11.1 Å². The third-order valence-electron chi connectivity index (χ3n) is 7.59. The lowest BCUT2D eigenvalue weighted by Crippen LogP contribution is -2.59. The minimum Gasteiger partial charge on any atom is -0.481 e. The van der Waals surface area contributed by atoms with Crippen LogP contribution < -0.4 is 10.6 Å². The molecule has 186 valence electrons. The molecule has 0 spiro atoms. The Bertz CT molecular complexity index is 1050. The molecule has 0 saturated heterocycles. The second kappa shape index (κ2) is 10.5. The number of aliphatic carboxylic acids is 1. The monoisotopic (exact) mass is 478 g/mol. The van der Waals surface area contributed by atoms with Crippen LogP contribution in [0.2, 0.25) is 0 Å². The van der Waals surface area contributed by atoms with Gasteiger partial charge < -0.3 is 20.5 Å². The van der Waals surface area contributed by atoms with Crippen molar-refractivity contribution >= 4 is 18.0 Å². The molecule has 2 aliphatic rings. The molecule has 1 saturated carbocycles. The molecule has 4 rings (SSSR count). The topological polar surface area (TPSA) is 105 Å². The molecule has 0 radical (unpaired) electrons. The Kier molecular flexibility index (Phi) is 7.43. The van der Waals surface area contributed by atoms with E-state index in [0.29, 0.717) is 6.42 Å². The highest BCUT2D eigenvalue weighted by molar-refractivity contribution is 5.90. The van der Waals surface area contributed by atoms with Gasteiger partial charge in [-0.25, -0.2) is 4.79 Å². The summed E-state index contributed by atoms with van der Waals surface area (Å²) < 4.78 is 5.64. The molecule has 3 N–H and O–H groups in total. The van der Waals surface area contributed by atoms with Crippen LogP contribution in [-0.2, 0) is 14.3 Å². The maximum Gasteiger partial charge on any atom is 0.408 e. The van der Waals surface area contributed by atoms with E-state index in [1.807, 2.05) is 31.2 Å². The molecule has 7 nitrogen and oxygen atoms in total. The van der Waals surface area contributed by atoms with Crippen molar-refractivity contribution < 1.29 is 24.2 Å². The van der Waals surface area contributed by atoms with E-state index in [1.54, 1.807) is 6.92 Å². The average molecular weight is 479 g/mol. The van der Waals surface area contributed by atoms with Gasteiger partial charge in [0.2, 0.25) is 5.91 Å². The van der Waals surface area contributed by atoms with E-state index in [0.717, 1.165) is 47.9 Å². The van der Waals surface area contributed by atoms with Crippen LogP contribution in [0.15, 0.2) is 48.5 Å². The van der Waals surface area contributed by atoms with Gasteiger partial charge in [-0.1, -0.05) is 68.3 Å². The van der Waals surface area contributed by atoms with Gasteiger partial charge in [-0.2, -0.15) is 0 Å². The minimum absolute atomic E-state index is 0.0353. The largest absolute Gasteiger partial charge is 0.481 e. The molecule has 0 aliphatic heterocycles. The van der Waals surface area contributed by atoms with Crippen molar-refractivity contribution in [2.24, 2.45) is 5.92 Å². The van der Waals surface area contributed by atoms with Crippen LogP contribution >= 0.6 is 0 Å². The van der Waals surface area contributed by atoms with Crippen LogP contribution in [0.25, 0.3) is 11.1 Å². The van der Waals surface area contributed by atoms with Crippen molar-refractivity contribution in [1.29, 1.82) is 0 Å². The zero-order valence-corrected chi connectivity index (χ0v) is 20.4. The number of ether oxygens (including phenoxy) is 1. The van der Waals surface area contributed by atoms with Gasteiger partial charge in [-0.3, -0.25) is 9.59 Å². The third kappa shape index (κ3) is 5.34. The molecule has 0 aromatic heterocycles. The summed E-state index contributed by atoms with van der Waals surface area (Å²) in [6.07, 6.45) is 3.20. The molecule has 35 heavy (non-hydrogen) atoms. The number of fused-ring (bicyclic) bond motifs is 3. The Labute approximate surface area is 206 Å². The van der Waals surface area contributed by atoms with E-state index in [2.05, 4.69) is 34.9 Å². The molecule has 0 bridgehead atoms. The van der Waals surface area contributed by atoms with Crippen LogP contribution in [-0.4, -0.2) is 41.3 Å². The predicted octanol–water partition coefficient (Wildman–Crippen LogP) is 4.84. The normalized spacial score (nSPS) is 20.7. The van der Waals surface area contributed by atoms with E-state index in [-0.39, 0.29) is 36.8 Å². The number of carboxylic acids is 1. The summed E-state index contributed by atoms with van der Waals surface area (Å²) in [6, 6.07) is 16.0. The quantitative estimate of drug-likeness (QED) is 0.503. The molecule has 0 heterocycles. The van der Waals surface area contributed by atoms with Gasteiger partial charge in [-0.15, -0.1) is 0 Å². The van der Waals surface area contributed by atoms with E-state index < -0.39 is 17.6 Å². The van der Waals surface area contributed by atoms with Gasteiger partial charge in [0, 0.05) is 12.0 Å². The summed E-state index contributed by atoms with van der Waals surface area (Å²) in [7, 11) is 0. The SMILES string of the molecule is CCC(C)(NC(=O)OCC1c2ccccc2-c2ccccc21)C(=O)N[C@H]1CCCC[C@H]1CC(=O)O. The number of carboxylic acid groups (broad SMARTS) is 1. The maximum absolute atomic E-state index is 13.2. The lowest BCUT2D eigenvalue weighted by atomic mass is 9.82. The highest BCUT2D eigenvalue weighted by atomic mass is 16.5. The summed E-state index contributed by atoms with van der Waals surface area (Å²) in [4.78, 5) is 37.2. The van der Waals surface area contributed by atoms with Crippen molar-refractivity contribution in [1.82, 2.24) is 10.6 Å². The van der Waals surface area contributed by atoms with Crippen molar-refractivity contribution in [2.45, 2.75) is 69.9 Å². The second-order valence-electron chi connectivity index (χ2n) is 9.86. The van der Waals surface area contributed by atoms with Gasteiger partial charge >= 0.3 is 12.1 Å². The maximum atomic E-state index is 13.2. The lowest BCUT2D eigenvalue weighted by molar-refractivity contribution is -0.139. The molecular weight excluding hydrogens is 444 g/mol. The van der Waals surface area contributed by atoms with Crippen molar-refractivity contribution in [3.05, 3.63) is 59.7 Å². The number of amides is 2. The minimum atomic E-state index is -1.16. The van der Waals surface area contributed by atoms with Crippen molar-refractivity contribution in [2.75, 3.05) is 6.61 Å². The van der Waals surface area contributed by atoms with E-state index >= 15 is 0 Å². The Morgan fingerprint density at radius 1 is 1.00 bits per heavy atom. The second-order valence-corrected chi connectivity index (χ2v) is 9.86. The fourth-order valence-electron chi connectivity index (χ4n) is 5.36. The molecule has 7 heteroatoms. The van der Waals surface area contributed by atoms with Crippen LogP contribution in [0.3, 0.4) is 0 Å². The van der Waals surface area contributed by atoms with Crippen LogP contribution in [0.5, 0.6) is 0 Å². The molecule has 3 atom stereocenters. The zero-order chi connectivity index (χ0) is 25.0. The van der Waals surface area contributed by atoms with Gasteiger partial charge in [0.1, 0.15) is 12.1 Å². The molecule has 2 amide bonds. The summed E-state index contributed by atoms with van der Waals surface area (Å²) in [5.74, 6) is -1.32. The Morgan fingerprint density at radius 3 is 2.20 bits per heavy atom. The van der Waals surface area contributed by atoms with Gasteiger partial charge in [-0.05, 0) is 54.4 Å². The number of carbonyl (C=O) groups excluding carboxylic acids is 2. The zero-order valence-electron chi connectivity index (χ0n) is 20.4. The summed E-state index contributed by atoms with van der Waals surface area (Å²) in [5, 5.41) is 15.0. The fourth-order valence-corrected chi connectivity index (χ4v) is 5.36. The first-order valence-corrected chi connectivity index (χ1v) is 12.5. The van der Waals surface area contributed by atoms with E-state index in [1.165, 1.54) is 0 Å². The van der Waals surface area contributed by atoms with Crippen LogP contribution in [0, 0.1) is 5.92 Å². The molecular formula is C28H34N2O5. The van der Waals surface area contributed by atoms with Crippen LogP contribution in [0.4, 0.5) is 4.79 Å². The number of benzene rings is 2.